The van der Waals surface area contributed by atoms with Crippen molar-refractivity contribution in [3.05, 3.63) is 60.2 Å². The first-order chi connectivity index (χ1) is 10.3. The van der Waals surface area contributed by atoms with Crippen LogP contribution in [0.5, 0.6) is 0 Å². The Kier molecular flexibility index (Phi) is 5.00. The zero-order valence-electron chi connectivity index (χ0n) is 12.0. The summed E-state index contributed by atoms with van der Waals surface area (Å²) in [5.41, 5.74) is 0.864. The van der Waals surface area contributed by atoms with E-state index in [9.17, 15) is 16.8 Å². The largest absolute Gasteiger partial charge is 0.360 e. The number of ether oxygens (including phenoxy) is 1. The van der Waals surface area contributed by atoms with Crippen molar-refractivity contribution in [3.8, 4) is 0 Å². The van der Waals surface area contributed by atoms with Gasteiger partial charge in [0.05, 0.1) is 16.4 Å². The van der Waals surface area contributed by atoms with Crippen molar-refractivity contribution in [1.82, 2.24) is 0 Å². The first-order valence-electron chi connectivity index (χ1n) is 6.43. The normalized spacial score (nSPS) is 12.2. The SMILES string of the molecule is CS(=O)(=O)c1cccc(S(=O)(=O)COCc2ccccc2)c1. The summed E-state index contributed by atoms with van der Waals surface area (Å²) in [4.78, 5) is -0.0971. The van der Waals surface area contributed by atoms with Gasteiger partial charge in [-0.3, -0.25) is 0 Å². The monoisotopic (exact) mass is 340 g/mol. The molecule has 0 N–H and O–H groups in total. The van der Waals surface area contributed by atoms with Gasteiger partial charge < -0.3 is 4.74 Å². The smallest absolute Gasteiger partial charge is 0.202 e. The predicted molar refractivity (Wildman–Crippen MR) is 82.8 cm³/mol. The Morgan fingerprint density at radius 2 is 1.50 bits per heavy atom. The Hall–Kier alpha value is -1.70. The van der Waals surface area contributed by atoms with E-state index in [0.29, 0.717) is 0 Å². The molecule has 118 valence electrons. The lowest BCUT2D eigenvalue weighted by molar-refractivity contribution is 0.163. The van der Waals surface area contributed by atoms with Gasteiger partial charge in [-0.1, -0.05) is 36.4 Å². The van der Waals surface area contributed by atoms with Crippen LogP contribution < -0.4 is 0 Å². The van der Waals surface area contributed by atoms with E-state index < -0.39 is 25.6 Å². The summed E-state index contributed by atoms with van der Waals surface area (Å²) in [6.07, 6.45) is 1.03. The fourth-order valence-electron chi connectivity index (χ4n) is 1.81. The van der Waals surface area contributed by atoms with Crippen molar-refractivity contribution < 1.29 is 21.6 Å². The molecule has 22 heavy (non-hydrogen) atoms. The van der Waals surface area contributed by atoms with Crippen molar-refractivity contribution in [1.29, 1.82) is 0 Å². The first-order valence-corrected chi connectivity index (χ1v) is 9.98. The highest BCUT2D eigenvalue weighted by Gasteiger charge is 2.17. The third-order valence-electron chi connectivity index (χ3n) is 2.94. The molecule has 0 heterocycles. The zero-order valence-corrected chi connectivity index (χ0v) is 13.6. The van der Waals surface area contributed by atoms with Crippen LogP contribution in [0.3, 0.4) is 0 Å². The van der Waals surface area contributed by atoms with Gasteiger partial charge in [0.15, 0.2) is 15.8 Å². The number of benzene rings is 2. The molecule has 0 spiro atoms. The maximum Gasteiger partial charge on any atom is 0.202 e. The molecule has 2 rings (SSSR count). The van der Waals surface area contributed by atoms with Gasteiger partial charge in [-0.25, -0.2) is 16.8 Å². The number of rotatable bonds is 6. The molecule has 0 bridgehead atoms. The van der Waals surface area contributed by atoms with E-state index in [-0.39, 0.29) is 16.4 Å². The second kappa shape index (κ2) is 6.60. The zero-order chi connectivity index (χ0) is 16.2. The van der Waals surface area contributed by atoms with Gasteiger partial charge in [-0.2, -0.15) is 0 Å². The molecule has 2 aromatic carbocycles. The highest BCUT2D eigenvalue weighted by atomic mass is 32.2. The molecule has 0 aromatic heterocycles. The molecule has 0 amide bonds. The lowest BCUT2D eigenvalue weighted by Crippen LogP contribution is -2.11. The number of hydrogen-bond acceptors (Lipinski definition) is 5. The molecule has 5 nitrogen and oxygen atoms in total. The molecule has 7 heteroatoms. The average Bonchev–Trinajstić information content (AvgIpc) is 2.47. The minimum atomic E-state index is -3.70. The minimum absolute atomic E-state index is 0.0309. The molecule has 0 radical (unpaired) electrons. The standard InChI is InChI=1S/C15H16O5S2/c1-21(16,17)14-8-5-9-15(10-14)22(18,19)12-20-11-13-6-3-2-4-7-13/h2-10H,11-12H2,1H3. The third kappa shape index (κ3) is 4.40. The summed E-state index contributed by atoms with van der Waals surface area (Å²) in [7, 11) is -7.15. The van der Waals surface area contributed by atoms with Gasteiger partial charge in [0.25, 0.3) is 0 Å². The first kappa shape index (κ1) is 16.7. The fourth-order valence-corrected chi connectivity index (χ4v) is 3.58. The lowest BCUT2D eigenvalue weighted by atomic mass is 10.2. The molecule has 0 aliphatic rings. The average molecular weight is 340 g/mol. The summed E-state index contributed by atoms with van der Waals surface area (Å²) in [5.74, 6) is -0.505. The predicted octanol–water partition coefficient (Wildman–Crippen LogP) is 2.04. The molecule has 0 aliphatic carbocycles. The molecule has 0 fully saturated rings. The van der Waals surface area contributed by atoms with Gasteiger partial charge in [0, 0.05) is 6.26 Å². The van der Waals surface area contributed by atoms with E-state index in [0.717, 1.165) is 17.9 Å². The Morgan fingerprint density at radius 1 is 0.864 bits per heavy atom. The van der Waals surface area contributed by atoms with Crippen LogP contribution in [0.2, 0.25) is 0 Å². The van der Waals surface area contributed by atoms with E-state index in [2.05, 4.69) is 0 Å². The van der Waals surface area contributed by atoms with E-state index in [1.165, 1.54) is 18.2 Å². The van der Waals surface area contributed by atoms with Crippen LogP contribution in [0.4, 0.5) is 0 Å². The van der Waals surface area contributed by atoms with Crippen molar-refractivity contribution in [3.63, 3.8) is 0 Å². The van der Waals surface area contributed by atoms with Crippen LogP contribution in [0.1, 0.15) is 5.56 Å². The van der Waals surface area contributed by atoms with Crippen LogP contribution >= 0.6 is 0 Å². The maximum atomic E-state index is 12.2. The number of hydrogen-bond donors (Lipinski definition) is 0. The van der Waals surface area contributed by atoms with Gasteiger partial charge in [-0.15, -0.1) is 0 Å². The second-order valence-electron chi connectivity index (χ2n) is 4.81. The molecule has 0 atom stereocenters. The lowest BCUT2D eigenvalue weighted by Gasteiger charge is -2.07. The van der Waals surface area contributed by atoms with Gasteiger partial charge in [0.1, 0.15) is 0 Å². The van der Waals surface area contributed by atoms with E-state index in [1.54, 1.807) is 0 Å². The van der Waals surface area contributed by atoms with Crippen molar-refractivity contribution in [2.45, 2.75) is 16.4 Å². The van der Waals surface area contributed by atoms with Crippen LogP contribution in [0.15, 0.2) is 64.4 Å². The van der Waals surface area contributed by atoms with Crippen LogP contribution in [0, 0.1) is 0 Å². The highest BCUT2D eigenvalue weighted by Crippen LogP contribution is 2.17. The number of sulfone groups is 2. The summed E-state index contributed by atoms with van der Waals surface area (Å²) < 4.78 is 52.6. The highest BCUT2D eigenvalue weighted by molar-refractivity contribution is 7.91. The van der Waals surface area contributed by atoms with E-state index >= 15 is 0 Å². The fraction of sp³-hybridized carbons (Fsp3) is 0.200. The summed E-state index contributed by atoms with van der Waals surface area (Å²) >= 11 is 0. The summed E-state index contributed by atoms with van der Waals surface area (Å²) in [6.45, 7) is 0.172. The molecule has 2 aromatic rings. The van der Waals surface area contributed by atoms with Crippen molar-refractivity contribution in [2.24, 2.45) is 0 Å². The van der Waals surface area contributed by atoms with Crippen molar-refractivity contribution >= 4 is 19.7 Å². The Labute approximate surface area is 130 Å². The molecule has 0 aliphatic heterocycles. The van der Waals surface area contributed by atoms with Crippen LogP contribution in [-0.4, -0.2) is 29.0 Å². The summed E-state index contributed by atoms with van der Waals surface area (Å²) in [6, 6.07) is 14.5. The van der Waals surface area contributed by atoms with Gasteiger partial charge >= 0.3 is 0 Å². The summed E-state index contributed by atoms with van der Waals surface area (Å²) in [5, 5.41) is 0. The van der Waals surface area contributed by atoms with E-state index in [1.807, 2.05) is 30.3 Å². The second-order valence-corrected chi connectivity index (χ2v) is 8.77. The molecular weight excluding hydrogens is 324 g/mol. The Bertz CT molecular complexity index is 841. The van der Waals surface area contributed by atoms with E-state index in [4.69, 9.17) is 4.74 Å². The van der Waals surface area contributed by atoms with Crippen LogP contribution in [-0.2, 0) is 31.0 Å². The quantitative estimate of drug-likeness (QED) is 0.804. The molecule has 0 saturated carbocycles. The Balaban J connectivity index is 2.11. The van der Waals surface area contributed by atoms with Crippen LogP contribution in [0.25, 0.3) is 0 Å². The maximum absolute atomic E-state index is 12.2. The minimum Gasteiger partial charge on any atom is -0.360 e. The Morgan fingerprint density at radius 3 is 2.14 bits per heavy atom. The molecule has 0 saturated heterocycles. The van der Waals surface area contributed by atoms with Gasteiger partial charge in [0.2, 0.25) is 9.84 Å². The third-order valence-corrected chi connectivity index (χ3v) is 5.50. The van der Waals surface area contributed by atoms with Gasteiger partial charge in [-0.05, 0) is 23.8 Å². The molecular formula is C15H16O5S2. The van der Waals surface area contributed by atoms with Crippen molar-refractivity contribution in [2.75, 3.05) is 12.2 Å². The molecule has 0 unspecified atom stereocenters. The topological polar surface area (TPSA) is 77.5 Å².